The number of benzene rings is 1. The molecule has 0 aromatic heterocycles. The Balaban J connectivity index is 2.98. The molecule has 0 heterocycles. The van der Waals surface area contributed by atoms with Crippen LogP contribution in [0, 0.1) is 16.0 Å². The third-order valence-electron chi connectivity index (χ3n) is 3.21. The van der Waals surface area contributed by atoms with Gasteiger partial charge in [-0.15, -0.1) is 0 Å². The lowest BCUT2D eigenvalue weighted by molar-refractivity contribution is -0.384. The summed E-state index contributed by atoms with van der Waals surface area (Å²) in [7, 11) is 1.65. The summed E-state index contributed by atoms with van der Waals surface area (Å²) in [5.41, 5.74) is 1.57. The Morgan fingerprint density at radius 3 is 2.48 bits per heavy atom. The Morgan fingerprint density at radius 1 is 1.29 bits per heavy atom. The minimum absolute atomic E-state index is 0.0820. The van der Waals surface area contributed by atoms with Gasteiger partial charge in [-0.2, -0.15) is 0 Å². The molecule has 6 nitrogen and oxygen atoms in total. The molecular weight excluding hydrogens is 270 g/mol. The van der Waals surface area contributed by atoms with E-state index in [1.165, 1.54) is 0 Å². The normalized spacial score (nSPS) is 12.2. The third kappa shape index (κ3) is 5.59. The Bertz CT molecular complexity index is 463. The van der Waals surface area contributed by atoms with Crippen LogP contribution in [0.25, 0.3) is 0 Å². The van der Waals surface area contributed by atoms with E-state index in [0.29, 0.717) is 12.5 Å². The number of anilines is 2. The zero-order chi connectivity index (χ0) is 15.8. The van der Waals surface area contributed by atoms with Crippen molar-refractivity contribution >= 4 is 17.1 Å². The van der Waals surface area contributed by atoms with Crippen molar-refractivity contribution in [2.45, 2.75) is 33.2 Å². The number of nitro groups is 1. The molecule has 118 valence electrons. The van der Waals surface area contributed by atoms with Gasteiger partial charge >= 0.3 is 0 Å². The molecule has 0 spiro atoms. The molecule has 0 aliphatic rings. The van der Waals surface area contributed by atoms with E-state index in [-0.39, 0.29) is 16.7 Å². The summed E-state index contributed by atoms with van der Waals surface area (Å²) in [5.74, 6) is 0.358. The maximum atomic E-state index is 11.0. The number of nitrogens with one attached hydrogen (secondary N) is 2. The van der Waals surface area contributed by atoms with Gasteiger partial charge in [0, 0.05) is 37.2 Å². The van der Waals surface area contributed by atoms with Crippen LogP contribution in [-0.4, -0.2) is 31.2 Å². The van der Waals surface area contributed by atoms with Crippen molar-refractivity contribution in [3.05, 3.63) is 28.3 Å². The van der Waals surface area contributed by atoms with E-state index in [1.54, 1.807) is 19.2 Å². The van der Waals surface area contributed by atoms with Gasteiger partial charge < -0.3 is 15.4 Å². The van der Waals surface area contributed by atoms with E-state index in [4.69, 9.17) is 4.74 Å². The van der Waals surface area contributed by atoms with Gasteiger partial charge in [-0.05, 0) is 18.4 Å². The second-order valence-corrected chi connectivity index (χ2v) is 5.40. The van der Waals surface area contributed by atoms with Gasteiger partial charge in [0.15, 0.2) is 0 Å². The average molecular weight is 295 g/mol. The number of non-ortho nitro benzene ring substituents is 1. The van der Waals surface area contributed by atoms with E-state index >= 15 is 0 Å². The number of rotatable bonds is 9. The molecule has 0 aliphatic carbocycles. The first-order valence-corrected chi connectivity index (χ1v) is 7.26. The zero-order valence-electron chi connectivity index (χ0n) is 13.2. The summed E-state index contributed by atoms with van der Waals surface area (Å²) in [6.07, 6.45) is 0.962. The number of methoxy groups -OCH3 is 1. The maximum absolute atomic E-state index is 11.0. The molecule has 2 N–H and O–H groups in total. The fourth-order valence-electron chi connectivity index (χ4n) is 1.97. The van der Waals surface area contributed by atoms with Crippen LogP contribution in [-0.2, 0) is 4.74 Å². The molecule has 0 saturated carbocycles. The van der Waals surface area contributed by atoms with Crippen LogP contribution in [0.3, 0.4) is 0 Å². The van der Waals surface area contributed by atoms with Crippen molar-refractivity contribution in [3.8, 4) is 0 Å². The van der Waals surface area contributed by atoms with Gasteiger partial charge in [0.05, 0.1) is 17.6 Å². The molecule has 0 saturated heterocycles. The van der Waals surface area contributed by atoms with Gasteiger partial charge in [0.2, 0.25) is 0 Å². The van der Waals surface area contributed by atoms with Crippen molar-refractivity contribution in [2.75, 3.05) is 30.9 Å². The highest BCUT2D eigenvalue weighted by atomic mass is 16.6. The highest BCUT2D eigenvalue weighted by Crippen LogP contribution is 2.25. The molecule has 0 fully saturated rings. The van der Waals surface area contributed by atoms with E-state index in [0.717, 1.165) is 24.3 Å². The molecule has 1 unspecified atom stereocenters. The number of nitrogens with zero attached hydrogens (tertiary/aromatic N) is 1. The quantitative estimate of drug-likeness (QED) is 0.538. The monoisotopic (exact) mass is 295 g/mol. The number of hydrogen-bond donors (Lipinski definition) is 2. The Morgan fingerprint density at radius 2 is 1.95 bits per heavy atom. The molecule has 0 amide bonds. The molecule has 21 heavy (non-hydrogen) atoms. The smallest absolute Gasteiger partial charge is 0.273 e. The Hall–Kier alpha value is -1.82. The van der Waals surface area contributed by atoms with Crippen molar-refractivity contribution in [3.63, 3.8) is 0 Å². The number of hydrogen-bond acceptors (Lipinski definition) is 5. The van der Waals surface area contributed by atoms with Crippen LogP contribution in [0.5, 0.6) is 0 Å². The SMILES string of the molecule is CCCNc1cc(NC(COC)C(C)C)cc([N+](=O)[O-])c1. The third-order valence-corrected chi connectivity index (χ3v) is 3.21. The molecule has 1 aromatic rings. The summed E-state index contributed by atoms with van der Waals surface area (Å²) >= 11 is 0. The zero-order valence-corrected chi connectivity index (χ0v) is 13.2. The minimum Gasteiger partial charge on any atom is -0.385 e. The molecule has 1 rings (SSSR count). The van der Waals surface area contributed by atoms with Crippen LogP contribution >= 0.6 is 0 Å². The highest BCUT2D eigenvalue weighted by molar-refractivity contribution is 5.63. The van der Waals surface area contributed by atoms with E-state index in [2.05, 4.69) is 31.4 Å². The largest absolute Gasteiger partial charge is 0.385 e. The standard InChI is InChI=1S/C15H25N3O3/c1-5-6-16-12-7-13(9-14(8-12)18(19)20)17-15(10-21-4)11(2)3/h7-9,11,15-17H,5-6,10H2,1-4H3. The first-order chi connectivity index (χ1) is 9.97. The predicted molar refractivity (Wildman–Crippen MR) is 86.0 cm³/mol. The Labute approximate surface area is 126 Å². The van der Waals surface area contributed by atoms with Gasteiger partial charge in [-0.3, -0.25) is 10.1 Å². The second kappa shape index (κ2) is 8.46. The topological polar surface area (TPSA) is 76.4 Å². The molecule has 0 radical (unpaired) electrons. The molecule has 0 bridgehead atoms. The molecule has 1 aromatic carbocycles. The van der Waals surface area contributed by atoms with Gasteiger partial charge in [-0.1, -0.05) is 20.8 Å². The summed E-state index contributed by atoms with van der Waals surface area (Å²) in [6, 6.07) is 5.12. The summed E-state index contributed by atoms with van der Waals surface area (Å²) in [6.45, 7) is 7.57. The molecule has 0 aliphatic heterocycles. The van der Waals surface area contributed by atoms with Crippen LogP contribution in [0.15, 0.2) is 18.2 Å². The van der Waals surface area contributed by atoms with E-state index < -0.39 is 0 Å². The first-order valence-electron chi connectivity index (χ1n) is 7.26. The lowest BCUT2D eigenvalue weighted by atomic mass is 10.0. The molecule has 1 atom stereocenters. The van der Waals surface area contributed by atoms with Crippen molar-refractivity contribution in [1.82, 2.24) is 0 Å². The van der Waals surface area contributed by atoms with Crippen LogP contribution in [0.4, 0.5) is 17.1 Å². The summed E-state index contributed by atoms with van der Waals surface area (Å²) < 4.78 is 5.20. The van der Waals surface area contributed by atoms with Crippen LogP contribution in [0.2, 0.25) is 0 Å². The molecular formula is C15H25N3O3. The molecule has 6 heteroatoms. The fourth-order valence-corrected chi connectivity index (χ4v) is 1.97. The number of nitro benzene ring substituents is 1. The van der Waals surface area contributed by atoms with Crippen molar-refractivity contribution in [1.29, 1.82) is 0 Å². The second-order valence-electron chi connectivity index (χ2n) is 5.40. The van der Waals surface area contributed by atoms with Gasteiger partial charge in [0.25, 0.3) is 5.69 Å². The lowest BCUT2D eigenvalue weighted by Gasteiger charge is -2.23. The number of ether oxygens (including phenoxy) is 1. The minimum atomic E-state index is -0.372. The van der Waals surface area contributed by atoms with Crippen molar-refractivity contribution in [2.24, 2.45) is 5.92 Å². The van der Waals surface area contributed by atoms with Crippen LogP contribution in [0.1, 0.15) is 27.2 Å². The highest BCUT2D eigenvalue weighted by Gasteiger charge is 2.16. The summed E-state index contributed by atoms with van der Waals surface area (Å²) in [4.78, 5) is 10.7. The van der Waals surface area contributed by atoms with Gasteiger partial charge in [-0.25, -0.2) is 0 Å². The van der Waals surface area contributed by atoms with Crippen molar-refractivity contribution < 1.29 is 9.66 Å². The Kier molecular flexibility index (Phi) is 6.94. The fraction of sp³-hybridized carbons (Fsp3) is 0.600. The predicted octanol–water partition coefficient (Wildman–Crippen LogP) is 3.50. The van der Waals surface area contributed by atoms with E-state index in [9.17, 15) is 10.1 Å². The maximum Gasteiger partial charge on any atom is 0.273 e. The lowest BCUT2D eigenvalue weighted by Crippen LogP contribution is -2.30. The van der Waals surface area contributed by atoms with E-state index in [1.807, 2.05) is 6.07 Å². The van der Waals surface area contributed by atoms with Gasteiger partial charge in [0.1, 0.15) is 0 Å². The average Bonchev–Trinajstić information content (AvgIpc) is 2.44. The van der Waals surface area contributed by atoms with Crippen LogP contribution < -0.4 is 10.6 Å². The first kappa shape index (κ1) is 17.2. The summed E-state index contributed by atoms with van der Waals surface area (Å²) in [5, 5.41) is 17.6.